The molecule has 0 fully saturated rings. The fraction of sp³-hybridized carbons (Fsp3) is 0. The maximum absolute atomic E-state index is 7.04. The average molecular weight is 603 g/mol. The summed E-state index contributed by atoms with van der Waals surface area (Å²) in [6.45, 7) is 0. The van der Waals surface area contributed by atoms with Gasteiger partial charge in [-0.2, -0.15) is 0 Å². The molecule has 0 saturated heterocycles. The summed E-state index contributed by atoms with van der Waals surface area (Å²) in [6, 6.07) is 54.9. The molecule has 0 aliphatic carbocycles. The summed E-state index contributed by atoms with van der Waals surface area (Å²) in [7, 11) is 0. The van der Waals surface area contributed by atoms with E-state index < -0.39 is 0 Å². The first kappa shape index (κ1) is 25.6. The summed E-state index contributed by atoms with van der Waals surface area (Å²) in [5, 5.41) is 13.2. The molecule has 2 aromatic heterocycles. The predicted molar refractivity (Wildman–Crippen MR) is 198 cm³/mol. The smallest absolute Gasteiger partial charge is 0.144 e. The van der Waals surface area contributed by atoms with Crippen molar-refractivity contribution < 1.29 is 4.42 Å². The van der Waals surface area contributed by atoms with Crippen molar-refractivity contribution in [1.29, 1.82) is 0 Å². The molecule has 10 rings (SSSR count). The van der Waals surface area contributed by atoms with E-state index in [9.17, 15) is 0 Å². The second kappa shape index (κ2) is 9.90. The minimum atomic E-state index is 0.934. The minimum absolute atomic E-state index is 0.934. The number of furan rings is 1. The standard InChI is InChI=1S/C44H26OS/c1-2-12-28(13-3-1)38-26-46-39-24-23-36-35-19-10-20-37(43(35)45-44(36)42(38)39)41-33-17-8-6-15-31(33)40(32-16-7-9-18-34(32)41)30-22-21-27-11-4-5-14-29(27)25-30/h1-26H. The van der Waals surface area contributed by atoms with Crippen LogP contribution in [0.15, 0.2) is 161 Å². The first-order chi connectivity index (χ1) is 22.8. The third-order valence-corrected chi connectivity index (χ3v) is 10.5. The quantitative estimate of drug-likeness (QED) is 0.183. The molecule has 0 radical (unpaired) electrons. The molecule has 0 aliphatic rings. The van der Waals surface area contributed by atoms with Gasteiger partial charge in [0.1, 0.15) is 11.2 Å². The highest BCUT2D eigenvalue weighted by Gasteiger charge is 2.22. The number of hydrogen-bond acceptors (Lipinski definition) is 2. The Hall–Kier alpha value is -5.70. The Kier molecular flexibility index (Phi) is 5.51. The van der Waals surface area contributed by atoms with E-state index in [0.29, 0.717) is 0 Å². The van der Waals surface area contributed by atoms with Crippen LogP contribution in [0.2, 0.25) is 0 Å². The molecular weight excluding hydrogens is 577 g/mol. The lowest BCUT2D eigenvalue weighted by Gasteiger charge is -2.18. The Morgan fingerprint density at radius 3 is 1.78 bits per heavy atom. The molecule has 0 saturated carbocycles. The monoisotopic (exact) mass is 602 g/mol. The molecule has 0 aliphatic heterocycles. The van der Waals surface area contributed by atoms with Gasteiger partial charge < -0.3 is 4.42 Å². The molecule has 2 heteroatoms. The van der Waals surface area contributed by atoms with Gasteiger partial charge in [0, 0.05) is 37.5 Å². The highest BCUT2D eigenvalue weighted by atomic mass is 32.1. The zero-order chi connectivity index (χ0) is 30.2. The topological polar surface area (TPSA) is 13.1 Å². The maximum Gasteiger partial charge on any atom is 0.144 e. The van der Waals surface area contributed by atoms with Crippen LogP contribution in [0.4, 0.5) is 0 Å². The van der Waals surface area contributed by atoms with Crippen molar-refractivity contribution in [3.63, 3.8) is 0 Å². The fourth-order valence-corrected chi connectivity index (χ4v) is 8.45. The van der Waals surface area contributed by atoms with Crippen molar-refractivity contribution in [3.8, 4) is 33.4 Å². The normalized spacial score (nSPS) is 11.9. The molecule has 2 heterocycles. The van der Waals surface area contributed by atoms with Crippen LogP contribution in [0, 0.1) is 0 Å². The molecular formula is C44H26OS. The zero-order valence-electron chi connectivity index (χ0n) is 24.8. The summed E-state index contributed by atoms with van der Waals surface area (Å²) >= 11 is 1.78. The molecule has 0 unspecified atom stereocenters. The van der Waals surface area contributed by atoms with E-state index in [1.165, 1.54) is 70.2 Å². The van der Waals surface area contributed by atoms with Gasteiger partial charge in [0.25, 0.3) is 0 Å². The lowest BCUT2D eigenvalue weighted by atomic mass is 9.85. The van der Waals surface area contributed by atoms with Crippen LogP contribution in [0.5, 0.6) is 0 Å². The van der Waals surface area contributed by atoms with Crippen LogP contribution >= 0.6 is 11.3 Å². The maximum atomic E-state index is 7.04. The molecule has 0 amide bonds. The lowest BCUT2D eigenvalue weighted by Crippen LogP contribution is -1.91. The van der Waals surface area contributed by atoms with E-state index in [0.717, 1.165) is 27.5 Å². The molecule has 10 aromatic rings. The Morgan fingerprint density at radius 2 is 1.02 bits per heavy atom. The van der Waals surface area contributed by atoms with E-state index in [-0.39, 0.29) is 0 Å². The van der Waals surface area contributed by atoms with Crippen LogP contribution in [0.25, 0.3) is 97.7 Å². The van der Waals surface area contributed by atoms with Gasteiger partial charge in [-0.05, 0) is 72.6 Å². The summed E-state index contributed by atoms with van der Waals surface area (Å²) in [4.78, 5) is 0. The molecule has 214 valence electrons. The zero-order valence-corrected chi connectivity index (χ0v) is 25.6. The van der Waals surface area contributed by atoms with Crippen LogP contribution in [0.3, 0.4) is 0 Å². The number of benzene rings is 8. The van der Waals surface area contributed by atoms with Gasteiger partial charge in [-0.1, -0.05) is 133 Å². The second-order valence-electron chi connectivity index (χ2n) is 12.0. The first-order valence-electron chi connectivity index (χ1n) is 15.7. The van der Waals surface area contributed by atoms with Crippen molar-refractivity contribution in [1.82, 2.24) is 0 Å². The highest BCUT2D eigenvalue weighted by Crippen LogP contribution is 2.48. The van der Waals surface area contributed by atoms with Crippen molar-refractivity contribution in [2.45, 2.75) is 0 Å². The van der Waals surface area contributed by atoms with E-state index in [4.69, 9.17) is 4.42 Å². The summed E-state index contributed by atoms with van der Waals surface area (Å²) in [5.74, 6) is 0. The second-order valence-corrected chi connectivity index (χ2v) is 12.9. The summed E-state index contributed by atoms with van der Waals surface area (Å²) in [6.07, 6.45) is 0. The average Bonchev–Trinajstić information content (AvgIpc) is 3.73. The van der Waals surface area contributed by atoms with Gasteiger partial charge in [-0.3, -0.25) is 0 Å². The number of thiophene rings is 1. The first-order valence-corrected chi connectivity index (χ1v) is 16.6. The number of fused-ring (bicyclic) bond motifs is 8. The summed E-state index contributed by atoms with van der Waals surface area (Å²) in [5.41, 5.74) is 9.16. The van der Waals surface area contributed by atoms with E-state index in [1.807, 2.05) is 0 Å². The van der Waals surface area contributed by atoms with E-state index in [2.05, 4.69) is 157 Å². The van der Waals surface area contributed by atoms with Gasteiger partial charge in [0.15, 0.2) is 0 Å². The van der Waals surface area contributed by atoms with Gasteiger partial charge in [-0.25, -0.2) is 0 Å². The third kappa shape index (κ3) is 3.68. The Balaban J connectivity index is 1.30. The van der Waals surface area contributed by atoms with Crippen LogP contribution in [0.1, 0.15) is 0 Å². The lowest BCUT2D eigenvalue weighted by molar-refractivity contribution is 0.674. The van der Waals surface area contributed by atoms with Crippen molar-refractivity contribution in [3.05, 3.63) is 157 Å². The molecule has 0 bridgehead atoms. The van der Waals surface area contributed by atoms with Gasteiger partial charge >= 0.3 is 0 Å². The van der Waals surface area contributed by atoms with Gasteiger partial charge in [0.2, 0.25) is 0 Å². The van der Waals surface area contributed by atoms with E-state index >= 15 is 0 Å². The predicted octanol–water partition coefficient (Wildman–Crippen LogP) is 13.3. The van der Waals surface area contributed by atoms with Crippen molar-refractivity contribution in [2.24, 2.45) is 0 Å². The molecule has 1 nitrogen and oxygen atoms in total. The molecule has 8 aromatic carbocycles. The van der Waals surface area contributed by atoms with E-state index in [1.54, 1.807) is 11.3 Å². The fourth-order valence-electron chi connectivity index (χ4n) is 7.48. The third-order valence-electron chi connectivity index (χ3n) is 9.53. The van der Waals surface area contributed by atoms with Gasteiger partial charge in [0.05, 0.1) is 0 Å². The molecule has 0 atom stereocenters. The number of rotatable bonds is 3. The highest BCUT2D eigenvalue weighted by molar-refractivity contribution is 7.18. The van der Waals surface area contributed by atoms with Crippen LogP contribution in [-0.4, -0.2) is 0 Å². The SMILES string of the molecule is c1ccc(-c2csc3ccc4c5cccc(-c6c7ccccc7c(-c7ccc8ccccc8c7)c7ccccc67)c5oc4c23)cc1. The molecule has 0 N–H and O–H groups in total. The van der Waals surface area contributed by atoms with Crippen molar-refractivity contribution in [2.75, 3.05) is 0 Å². The number of hydrogen-bond donors (Lipinski definition) is 0. The summed E-state index contributed by atoms with van der Waals surface area (Å²) < 4.78 is 8.28. The van der Waals surface area contributed by atoms with Crippen LogP contribution in [-0.2, 0) is 0 Å². The Bertz CT molecular complexity index is 2740. The van der Waals surface area contributed by atoms with Gasteiger partial charge in [-0.15, -0.1) is 11.3 Å². The Morgan fingerprint density at radius 1 is 0.391 bits per heavy atom. The number of para-hydroxylation sites is 1. The van der Waals surface area contributed by atoms with Crippen LogP contribution < -0.4 is 0 Å². The molecule has 0 spiro atoms. The Labute approximate surface area is 269 Å². The largest absolute Gasteiger partial charge is 0.455 e. The minimum Gasteiger partial charge on any atom is -0.455 e. The van der Waals surface area contributed by atoms with Crippen molar-refractivity contribution >= 4 is 75.7 Å². The molecule has 46 heavy (non-hydrogen) atoms.